The molecular weight excluding hydrogens is 368 g/mol. The smallest absolute Gasteiger partial charge is 0.343 e. The maximum atomic E-state index is 12.5. The Bertz CT molecular complexity index is 939. The quantitative estimate of drug-likeness (QED) is 0.692. The summed E-state index contributed by atoms with van der Waals surface area (Å²) in [7, 11) is 0. The van der Waals surface area contributed by atoms with Crippen LogP contribution in [0.15, 0.2) is 4.79 Å². The Kier molecular flexibility index (Phi) is 4.58. The van der Waals surface area contributed by atoms with E-state index in [4.69, 9.17) is 0 Å². The van der Waals surface area contributed by atoms with E-state index >= 15 is 0 Å². The van der Waals surface area contributed by atoms with Crippen LogP contribution in [-0.4, -0.2) is 43.6 Å². The van der Waals surface area contributed by atoms with Crippen LogP contribution in [0.1, 0.15) is 45.5 Å². The summed E-state index contributed by atoms with van der Waals surface area (Å²) < 4.78 is 1.59. The van der Waals surface area contributed by atoms with Crippen molar-refractivity contribution in [3.8, 4) is 0 Å². The normalized spacial score (nSPS) is 24.0. The van der Waals surface area contributed by atoms with Crippen molar-refractivity contribution in [2.45, 2.75) is 58.2 Å². The van der Waals surface area contributed by atoms with Gasteiger partial charge in [-0.15, -0.1) is 11.3 Å². The fraction of sp³-hybridized carbons (Fsp3) is 0.588. The van der Waals surface area contributed by atoms with Gasteiger partial charge in [-0.3, -0.25) is 14.2 Å². The van der Waals surface area contributed by atoms with Crippen molar-refractivity contribution in [1.29, 1.82) is 0 Å². The molecule has 2 aliphatic rings. The Morgan fingerprint density at radius 2 is 1.96 bits per heavy atom. The van der Waals surface area contributed by atoms with Crippen LogP contribution in [-0.2, 0) is 17.8 Å². The van der Waals surface area contributed by atoms with Gasteiger partial charge in [-0.2, -0.15) is 5.10 Å². The number of aromatic nitrogens is 4. The molecule has 1 unspecified atom stereocenters. The Balaban J connectivity index is 1.25. The van der Waals surface area contributed by atoms with Crippen molar-refractivity contribution in [1.82, 2.24) is 30.4 Å². The molecule has 2 amide bonds. The fourth-order valence-corrected chi connectivity index (χ4v) is 4.56. The second-order valence-electron chi connectivity index (χ2n) is 7.28. The number of nitrogens with zero attached hydrogens (tertiary/aromatic N) is 3. The third kappa shape index (κ3) is 3.53. The van der Waals surface area contributed by atoms with Gasteiger partial charge < -0.3 is 10.6 Å². The van der Waals surface area contributed by atoms with E-state index in [-0.39, 0.29) is 35.5 Å². The zero-order valence-corrected chi connectivity index (χ0v) is 16.1. The number of hydrogen-bond donors (Lipinski definition) is 3. The largest absolute Gasteiger partial charge is 0.353 e. The molecule has 144 valence electrons. The van der Waals surface area contributed by atoms with Gasteiger partial charge >= 0.3 is 5.69 Å². The minimum Gasteiger partial charge on any atom is -0.353 e. The third-order valence-electron chi connectivity index (χ3n) is 5.27. The molecular formula is C17H22N6O3S. The predicted octanol–water partition coefficient (Wildman–Crippen LogP) is 0.284. The van der Waals surface area contributed by atoms with E-state index in [1.54, 1.807) is 4.57 Å². The number of fused-ring (bicyclic) bond motifs is 1. The van der Waals surface area contributed by atoms with Crippen LogP contribution in [0.4, 0.5) is 0 Å². The van der Waals surface area contributed by atoms with Gasteiger partial charge in [-0.25, -0.2) is 14.9 Å². The number of nitrogens with one attached hydrogen (secondary N) is 3. The van der Waals surface area contributed by atoms with E-state index in [0.29, 0.717) is 30.1 Å². The second kappa shape index (κ2) is 6.91. The van der Waals surface area contributed by atoms with E-state index in [2.05, 4.69) is 25.8 Å². The zero-order chi connectivity index (χ0) is 19.1. The van der Waals surface area contributed by atoms with Crippen LogP contribution in [0.5, 0.6) is 0 Å². The molecule has 0 radical (unpaired) electrons. The molecule has 0 spiro atoms. The molecule has 4 rings (SSSR count). The average molecular weight is 390 g/mol. The summed E-state index contributed by atoms with van der Waals surface area (Å²) in [5.41, 5.74) is 0.543. The van der Waals surface area contributed by atoms with Gasteiger partial charge in [0.2, 0.25) is 5.91 Å². The molecule has 9 nitrogen and oxygen atoms in total. The molecule has 0 bridgehead atoms. The summed E-state index contributed by atoms with van der Waals surface area (Å²) in [6, 6.07) is 0.155. The number of carbonyl (C=O) groups is 2. The second-order valence-corrected chi connectivity index (χ2v) is 8.48. The topological polar surface area (TPSA) is 122 Å². The van der Waals surface area contributed by atoms with Crippen molar-refractivity contribution in [3.05, 3.63) is 31.9 Å². The average Bonchev–Trinajstić information content (AvgIpc) is 3.14. The Morgan fingerprint density at radius 3 is 2.67 bits per heavy atom. The minimum atomic E-state index is -0.215. The molecule has 1 aliphatic heterocycles. The number of carbonyl (C=O) groups excluding carboxylic acids is 2. The number of hydrogen-bond acceptors (Lipinski definition) is 6. The molecule has 3 N–H and O–H groups in total. The van der Waals surface area contributed by atoms with Crippen LogP contribution in [0.25, 0.3) is 0 Å². The molecule has 1 saturated carbocycles. The van der Waals surface area contributed by atoms with Crippen LogP contribution in [0, 0.1) is 19.8 Å². The molecule has 1 atom stereocenters. The first kappa shape index (κ1) is 17.9. The highest BCUT2D eigenvalue weighted by Gasteiger charge is 2.35. The van der Waals surface area contributed by atoms with Crippen molar-refractivity contribution in [3.63, 3.8) is 0 Å². The van der Waals surface area contributed by atoms with E-state index in [1.807, 2.05) is 13.8 Å². The molecule has 1 fully saturated rings. The Labute approximate surface area is 159 Å². The predicted molar refractivity (Wildman–Crippen MR) is 98.7 cm³/mol. The Hall–Kier alpha value is -2.49. The molecule has 2 aromatic rings. The van der Waals surface area contributed by atoms with E-state index in [9.17, 15) is 14.4 Å². The number of rotatable bonds is 4. The number of aryl methyl sites for hydroxylation is 2. The van der Waals surface area contributed by atoms with Gasteiger partial charge in [0, 0.05) is 31.0 Å². The summed E-state index contributed by atoms with van der Waals surface area (Å²) in [5, 5.41) is 13.4. The number of aromatic amines is 1. The standard InChI is InChI=1S/C17H22N6O3S/c1-8-14(27-9(2)18-8)16(25)20-12-6-11(7-12)19-15(24)10-3-4-23-13(5-10)21-22-17(23)26/h10-12H,3-7H2,1-2H3,(H,19,24)(H,20,25)(H,22,26). The van der Waals surface area contributed by atoms with Crippen LogP contribution < -0.4 is 16.3 Å². The maximum Gasteiger partial charge on any atom is 0.343 e. The van der Waals surface area contributed by atoms with E-state index in [1.165, 1.54) is 11.3 Å². The van der Waals surface area contributed by atoms with Crippen LogP contribution in [0.3, 0.4) is 0 Å². The Morgan fingerprint density at radius 1 is 1.22 bits per heavy atom. The molecule has 2 aromatic heterocycles. The van der Waals surface area contributed by atoms with E-state index in [0.717, 1.165) is 23.5 Å². The maximum absolute atomic E-state index is 12.5. The van der Waals surface area contributed by atoms with Gasteiger partial charge in [-0.1, -0.05) is 0 Å². The highest BCUT2D eigenvalue weighted by molar-refractivity contribution is 7.13. The SMILES string of the molecule is Cc1nc(C)c(C(=O)NC2CC(NC(=O)C3CCn4c(n[nH]c4=O)C3)C2)s1. The van der Waals surface area contributed by atoms with Gasteiger partial charge in [-0.05, 0) is 33.1 Å². The van der Waals surface area contributed by atoms with Crippen LogP contribution in [0.2, 0.25) is 0 Å². The summed E-state index contributed by atoms with van der Waals surface area (Å²) in [6.45, 7) is 4.24. The highest BCUT2D eigenvalue weighted by Crippen LogP contribution is 2.24. The van der Waals surface area contributed by atoms with Crippen LogP contribution >= 0.6 is 11.3 Å². The van der Waals surface area contributed by atoms with Crippen molar-refractivity contribution in [2.75, 3.05) is 0 Å². The lowest BCUT2D eigenvalue weighted by Crippen LogP contribution is -2.55. The minimum absolute atomic E-state index is 0.000372. The molecule has 3 heterocycles. The fourth-order valence-electron chi connectivity index (χ4n) is 3.73. The van der Waals surface area contributed by atoms with E-state index < -0.39 is 0 Å². The summed E-state index contributed by atoms with van der Waals surface area (Å²) in [6.07, 6.45) is 2.57. The summed E-state index contributed by atoms with van der Waals surface area (Å²) in [5.74, 6) is 0.390. The van der Waals surface area contributed by atoms with Gasteiger partial charge in [0.1, 0.15) is 10.7 Å². The first-order chi connectivity index (χ1) is 12.9. The molecule has 10 heteroatoms. The van der Waals surface area contributed by atoms with Crippen molar-refractivity contribution in [2.24, 2.45) is 5.92 Å². The first-order valence-corrected chi connectivity index (χ1v) is 9.91. The molecule has 1 aliphatic carbocycles. The molecule has 27 heavy (non-hydrogen) atoms. The highest BCUT2D eigenvalue weighted by atomic mass is 32.1. The lowest BCUT2D eigenvalue weighted by atomic mass is 9.85. The van der Waals surface area contributed by atoms with Crippen molar-refractivity contribution >= 4 is 23.2 Å². The van der Waals surface area contributed by atoms with Crippen molar-refractivity contribution < 1.29 is 9.59 Å². The number of amides is 2. The monoisotopic (exact) mass is 390 g/mol. The number of thiazole rings is 1. The third-order valence-corrected chi connectivity index (χ3v) is 6.34. The summed E-state index contributed by atoms with van der Waals surface area (Å²) in [4.78, 5) is 41.3. The zero-order valence-electron chi connectivity index (χ0n) is 15.2. The lowest BCUT2D eigenvalue weighted by Gasteiger charge is -2.37. The first-order valence-electron chi connectivity index (χ1n) is 9.10. The van der Waals surface area contributed by atoms with Gasteiger partial charge in [0.15, 0.2) is 0 Å². The summed E-state index contributed by atoms with van der Waals surface area (Å²) >= 11 is 1.40. The van der Waals surface area contributed by atoms with Gasteiger partial charge in [0.25, 0.3) is 5.91 Å². The molecule has 0 aromatic carbocycles. The number of H-pyrrole nitrogens is 1. The van der Waals surface area contributed by atoms with Gasteiger partial charge in [0.05, 0.1) is 10.7 Å². The lowest BCUT2D eigenvalue weighted by molar-refractivity contribution is -0.127. The molecule has 0 saturated heterocycles.